The highest BCUT2D eigenvalue weighted by Gasteiger charge is 2.14. The second-order valence-electron chi connectivity index (χ2n) is 5.97. The SMILES string of the molecule is COC(=O)C[C@H](O)C[C@H](O)/C=C/C(=C/c1ccccc1)c1ccccc1. The largest absolute Gasteiger partial charge is 0.469 e. The highest BCUT2D eigenvalue weighted by atomic mass is 16.5. The smallest absolute Gasteiger partial charge is 0.308 e. The van der Waals surface area contributed by atoms with Crippen molar-refractivity contribution in [1.29, 1.82) is 0 Å². The summed E-state index contributed by atoms with van der Waals surface area (Å²) in [7, 11) is 1.27. The molecule has 4 nitrogen and oxygen atoms in total. The molecule has 0 aromatic heterocycles. The van der Waals surface area contributed by atoms with Crippen molar-refractivity contribution in [3.63, 3.8) is 0 Å². The number of rotatable bonds is 8. The van der Waals surface area contributed by atoms with Gasteiger partial charge in [0.15, 0.2) is 0 Å². The van der Waals surface area contributed by atoms with E-state index in [9.17, 15) is 15.0 Å². The van der Waals surface area contributed by atoms with Crippen molar-refractivity contribution >= 4 is 17.6 Å². The lowest BCUT2D eigenvalue weighted by atomic mass is 10.0. The third-order valence-electron chi connectivity index (χ3n) is 3.87. The normalized spacial score (nSPS) is 14.2. The molecule has 0 radical (unpaired) electrons. The molecule has 0 aliphatic rings. The van der Waals surface area contributed by atoms with Crippen molar-refractivity contribution in [2.24, 2.45) is 0 Å². The van der Waals surface area contributed by atoms with E-state index in [2.05, 4.69) is 4.74 Å². The van der Waals surface area contributed by atoms with Gasteiger partial charge in [-0.25, -0.2) is 0 Å². The number of carbonyl (C=O) groups excluding carboxylic acids is 1. The number of aliphatic hydroxyl groups is 2. The van der Waals surface area contributed by atoms with Gasteiger partial charge in [-0.15, -0.1) is 0 Å². The Bertz CT molecular complexity index is 735. The molecule has 2 rings (SSSR count). The standard InChI is InChI=1S/C22H24O4/c1-26-22(25)16-21(24)15-20(23)13-12-19(18-10-6-3-7-11-18)14-17-8-4-2-5-9-17/h2-14,20-21,23-24H,15-16H2,1H3/b13-12+,19-14-/t20-,21-/m1/s1. The topological polar surface area (TPSA) is 66.8 Å². The van der Waals surface area contributed by atoms with Crippen LogP contribution < -0.4 is 0 Å². The van der Waals surface area contributed by atoms with Crippen LogP contribution in [0.15, 0.2) is 72.8 Å². The zero-order valence-electron chi connectivity index (χ0n) is 14.8. The maximum Gasteiger partial charge on any atom is 0.308 e. The summed E-state index contributed by atoms with van der Waals surface area (Å²) in [5.74, 6) is -0.498. The fourth-order valence-corrected chi connectivity index (χ4v) is 2.52. The van der Waals surface area contributed by atoms with Gasteiger partial charge in [0, 0.05) is 6.42 Å². The quantitative estimate of drug-likeness (QED) is 0.434. The minimum absolute atomic E-state index is 0.0685. The number of aliphatic hydroxyl groups excluding tert-OH is 2. The van der Waals surface area contributed by atoms with E-state index in [0.717, 1.165) is 16.7 Å². The van der Waals surface area contributed by atoms with Crippen molar-refractivity contribution in [3.05, 3.63) is 83.9 Å². The summed E-state index contributed by atoms with van der Waals surface area (Å²) in [5.41, 5.74) is 3.02. The van der Waals surface area contributed by atoms with Gasteiger partial charge >= 0.3 is 5.97 Å². The van der Waals surface area contributed by atoms with Crippen LogP contribution in [-0.2, 0) is 9.53 Å². The van der Waals surface area contributed by atoms with Crippen LogP contribution in [0.4, 0.5) is 0 Å². The Kier molecular flexibility index (Phi) is 7.80. The number of esters is 1. The van der Waals surface area contributed by atoms with Gasteiger partial charge in [0.1, 0.15) is 0 Å². The van der Waals surface area contributed by atoms with Crippen LogP contribution >= 0.6 is 0 Å². The molecule has 0 amide bonds. The fourth-order valence-electron chi connectivity index (χ4n) is 2.52. The van der Waals surface area contributed by atoms with Crippen molar-refractivity contribution in [2.75, 3.05) is 7.11 Å². The van der Waals surface area contributed by atoms with E-state index in [-0.39, 0.29) is 12.8 Å². The summed E-state index contributed by atoms with van der Waals surface area (Å²) in [4.78, 5) is 11.2. The van der Waals surface area contributed by atoms with Gasteiger partial charge in [0.2, 0.25) is 0 Å². The number of allylic oxidation sites excluding steroid dienone is 2. The van der Waals surface area contributed by atoms with Gasteiger partial charge in [-0.05, 0) is 22.8 Å². The molecular formula is C22H24O4. The second kappa shape index (κ2) is 10.3. The van der Waals surface area contributed by atoms with Crippen molar-refractivity contribution in [3.8, 4) is 0 Å². The van der Waals surface area contributed by atoms with Gasteiger partial charge in [0.25, 0.3) is 0 Å². The van der Waals surface area contributed by atoms with E-state index in [1.54, 1.807) is 6.08 Å². The molecule has 4 heteroatoms. The van der Waals surface area contributed by atoms with Gasteiger partial charge in [-0.1, -0.05) is 72.8 Å². The molecule has 26 heavy (non-hydrogen) atoms. The molecule has 0 aliphatic carbocycles. The van der Waals surface area contributed by atoms with E-state index in [0.29, 0.717) is 0 Å². The molecule has 0 aliphatic heterocycles. The number of hydrogen-bond acceptors (Lipinski definition) is 4. The van der Waals surface area contributed by atoms with E-state index in [4.69, 9.17) is 0 Å². The third kappa shape index (κ3) is 6.67. The first-order chi connectivity index (χ1) is 12.6. The Morgan fingerprint density at radius 2 is 1.65 bits per heavy atom. The molecule has 0 saturated carbocycles. The van der Waals surface area contributed by atoms with E-state index < -0.39 is 18.2 Å². The summed E-state index contributed by atoms with van der Waals surface area (Å²) in [6, 6.07) is 19.8. The Labute approximate surface area is 154 Å². The first-order valence-corrected chi connectivity index (χ1v) is 8.52. The molecule has 2 aromatic carbocycles. The molecular weight excluding hydrogens is 328 g/mol. The summed E-state index contributed by atoms with van der Waals surface area (Å²) in [6.45, 7) is 0. The number of carbonyl (C=O) groups is 1. The minimum Gasteiger partial charge on any atom is -0.469 e. The Morgan fingerprint density at radius 1 is 1.04 bits per heavy atom. The number of methoxy groups -OCH3 is 1. The number of hydrogen-bond donors (Lipinski definition) is 2. The van der Waals surface area contributed by atoms with Crippen LogP contribution in [0, 0.1) is 0 Å². The highest BCUT2D eigenvalue weighted by Crippen LogP contribution is 2.20. The van der Waals surface area contributed by atoms with Crippen LogP contribution in [0.1, 0.15) is 24.0 Å². The molecule has 0 fully saturated rings. The molecule has 0 saturated heterocycles. The molecule has 2 atom stereocenters. The van der Waals surface area contributed by atoms with Gasteiger partial charge in [0.05, 0.1) is 25.7 Å². The van der Waals surface area contributed by atoms with Crippen molar-refractivity contribution < 1.29 is 19.7 Å². The molecule has 0 heterocycles. The zero-order valence-corrected chi connectivity index (χ0v) is 14.8. The first-order valence-electron chi connectivity index (χ1n) is 8.52. The third-order valence-corrected chi connectivity index (χ3v) is 3.87. The average molecular weight is 352 g/mol. The van der Waals surface area contributed by atoms with Gasteiger partial charge in [-0.3, -0.25) is 4.79 Å². The van der Waals surface area contributed by atoms with Crippen LogP contribution in [0.5, 0.6) is 0 Å². The van der Waals surface area contributed by atoms with Crippen molar-refractivity contribution in [1.82, 2.24) is 0 Å². The molecule has 0 spiro atoms. The first kappa shape index (κ1) is 19.6. The second-order valence-corrected chi connectivity index (χ2v) is 5.97. The Hall–Kier alpha value is -2.69. The van der Waals surface area contributed by atoms with Crippen molar-refractivity contribution in [2.45, 2.75) is 25.0 Å². The Morgan fingerprint density at radius 3 is 2.27 bits per heavy atom. The molecule has 0 unspecified atom stereocenters. The van der Waals surface area contributed by atoms with Gasteiger partial charge < -0.3 is 14.9 Å². The zero-order chi connectivity index (χ0) is 18.8. The Balaban J connectivity index is 2.12. The fraction of sp³-hybridized carbons (Fsp3) is 0.227. The predicted molar refractivity (Wildman–Crippen MR) is 103 cm³/mol. The van der Waals surface area contributed by atoms with E-state index in [1.807, 2.05) is 72.8 Å². The molecule has 2 aromatic rings. The lowest BCUT2D eigenvalue weighted by molar-refractivity contribution is -0.143. The summed E-state index contributed by atoms with van der Waals surface area (Å²) in [6.07, 6.45) is 3.62. The maximum absolute atomic E-state index is 11.2. The van der Waals surface area contributed by atoms with Crippen LogP contribution in [0.3, 0.4) is 0 Å². The number of ether oxygens (including phenoxy) is 1. The predicted octanol–water partition coefficient (Wildman–Crippen LogP) is 3.46. The molecule has 136 valence electrons. The maximum atomic E-state index is 11.2. The lowest BCUT2D eigenvalue weighted by Gasteiger charge is -2.12. The van der Waals surface area contributed by atoms with Crippen LogP contribution in [-0.4, -0.2) is 35.5 Å². The van der Waals surface area contributed by atoms with E-state index in [1.165, 1.54) is 7.11 Å². The minimum atomic E-state index is -0.944. The average Bonchev–Trinajstić information content (AvgIpc) is 2.66. The van der Waals surface area contributed by atoms with E-state index >= 15 is 0 Å². The van der Waals surface area contributed by atoms with Gasteiger partial charge in [-0.2, -0.15) is 0 Å². The summed E-state index contributed by atoms with van der Waals surface area (Å²) < 4.78 is 4.52. The summed E-state index contributed by atoms with van der Waals surface area (Å²) >= 11 is 0. The van der Waals surface area contributed by atoms with Crippen LogP contribution in [0.2, 0.25) is 0 Å². The summed E-state index contributed by atoms with van der Waals surface area (Å²) in [5, 5.41) is 20.0. The highest BCUT2D eigenvalue weighted by molar-refractivity contribution is 5.87. The number of benzene rings is 2. The monoisotopic (exact) mass is 352 g/mol. The van der Waals surface area contributed by atoms with Crippen LogP contribution in [0.25, 0.3) is 11.6 Å². The molecule has 0 bridgehead atoms. The lowest BCUT2D eigenvalue weighted by Crippen LogP contribution is -2.20. The molecule has 2 N–H and O–H groups in total.